The van der Waals surface area contributed by atoms with Crippen LogP contribution in [0.15, 0.2) is 47.9 Å². The molecule has 0 amide bonds. The minimum Gasteiger partial charge on any atom is -0.497 e. The van der Waals surface area contributed by atoms with Gasteiger partial charge in [0, 0.05) is 11.8 Å². The number of ether oxygens (including phenoxy) is 1. The third-order valence-electron chi connectivity index (χ3n) is 2.30. The highest BCUT2D eigenvalue weighted by Crippen LogP contribution is 2.29. The molecule has 0 saturated carbocycles. The molecule has 0 bridgehead atoms. The predicted molar refractivity (Wildman–Crippen MR) is 61.7 cm³/mol. The Hall–Kier alpha value is -2.23. The molecule has 1 heterocycles. The van der Waals surface area contributed by atoms with Crippen molar-refractivity contribution in [2.45, 2.75) is 0 Å². The number of hydrogen-bond donors (Lipinski definition) is 0. The number of nitrogens with zero attached hydrogens (tertiary/aromatic N) is 2. The fourth-order valence-corrected chi connectivity index (χ4v) is 1.47. The molecule has 0 fully saturated rings. The van der Waals surface area contributed by atoms with Gasteiger partial charge < -0.3 is 4.74 Å². The standard InChI is InChI=1S/C12H10N2O2/c1-16-10-4-2-9(3-5-10)11-6-7-13-8-12(11)14-15/h2-8H,1H3. The van der Waals surface area contributed by atoms with E-state index in [0.29, 0.717) is 5.69 Å². The molecule has 0 N–H and O–H groups in total. The molecule has 0 spiro atoms. The van der Waals surface area contributed by atoms with Gasteiger partial charge in [0.1, 0.15) is 11.4 Å². The number of pyridine rings is 1. The zero-order valence-electron chi connectivity index (χ0n) is 8.75. The van der Waals surface area contributed by atoms with Crippen LogP contribution in [0, 0.1) is 4.91 Å². The lowest BCUT2D eigenvalue weighted by atomic mass is 10.1. The molecule has 80 valence electrons. The maximum atomic E-state index is 10.6. The van der Waals surface area contributed by atoms with Crippen molar-refractivity contribution in [1.29, 1.82) is 0 Å². The average Bonchev–Trinajstić information content (AvgIpc) is 2.39. The number of rotatable bonds is 3. The number of hydrogen-bond acceptors (Lipinski definition) is 4. The van der Waals surface area contributed by atoms with Crippen molar-refractivity contribution in [2.24, 2.45) is 5.18 Å². The summed E-state index contributed by atoms with van der Waals surface area (Å²) < 4.78 is 5.06. The maximum absolute atomic E-state index is 10.6. The molecule has 0 radical (unpaired) electrons. The average molecular weight is 214 g/mol. The Balaban J connectivity index is 2.46. The Labute approximate surface area is 92.9 Å². The first-order chi connectivity index (χ1) is 7.85. The van der Waals surface area contributed by atoms with Crippen molar-refractivity contribution in [2.75, 3.05) is 7.11 Å². The van der Waals surface area contributed by atoms with Gasteiger partial charge in [-0.25, -0.2) is 0 Å². The number of aromatic nitrogens is 1. The highest BCUT2D eigenvalue weighted by Gasteiger charge is 2.05. The molecule has 4 nitrogen and oxygen atoms in total. The molecule has 1 aromatic carbocycles. The summed E-state index contributed by atoms with van der Waals surface area (Å²) in [6, 6.07) is 9.19. The van der Waals surface area contributed by atoms with E-state index in [1.807, 2.05) is 24.3 Å². The normalized spacial score (nSPS) is 9.81. The maximum Gasteiger partial charge on any atom is 0.134 e. The van der Waals surface area contributed by atoms with Gasteiger partial charge in [0.15, 0.2) is 0 Å². The first-order valence-corrected chi connectivity index (χ1v) is 4.77. The Morgan fingerprint density at radius 2 is 1.94 bits per heavy atom. The largest absolute Gasteiger partial charge is 0.497 e. The van der Waals surface area contributed by atoms with Gasteiger partial charge in [0.2, 0.25) is 0 Å². The molecule has 2 rings (SSSR count). The van der Waals surface area contributed by atoms with Crippen LogP contribution < -0.4 is 4.74 Å². The lowest BCUT2D eigenvalue weighted by molar-refractivity contribution is 0.415. The minimum absolute atomic E-state index is 0.340. The van der Waals surface area contributed by atoms with Gasteiger partial charge in [-0.15, -0.1) is 4.91 Å². The molecular weight excluding hydrogens is 204 g/mol. The number of benzene rings is 1. The van der Waals surface area contributed by atoms with E-state index in [1.165, 1.54) is 6.20 Å². The van der Waals surface area contributed by atoms with Crippen LogP contribution in [0.4, 0.5) is 5.69 Å². The van der Waals surface area contributed by atoms with Gasteiger partial charge in [-0.1, -0.05) is 12.1 Å². The summed E-state index contributed by atoms with van der Waals surface area (Å²) in [6.07, 6.45) is 3.08. The van der Waals surface area contributed by atoms with Gasteiger partial charge in [-0.2, -0.15) is 0 Å². The van der Waals surface area contributed by atoms with Crippen molar-refractivity contribution >= 4 is 5.69 Å². The first-order valence-electron chi connectivity index (χ1n) is 4.77. The molecule has 16 heavy (non-hydrogen) atoms. The lowest BCUT2D eigenvalue weighted by Gasteiger charge is -2.04. The summed E-state index contributed by atoms with van der Waals surface area (Å²) in [5, 5.41) is 2.95. The highest BCUT2D eigenvalue weighted by molar-refractivity contribution is 5.75. The van der Waals surface area contributed by atoms with E-state index < -0.39 is 0 Å². The van der Waals surface area contributed by atoms with E-state index in [1.54, 1.807) is 19.4 Å². The quantitative estimate of drug-likeness (QED) is 0.737. The zero-order chi connectivity index (χ0) is 11.4. The summed E-state index contributed by atoms with van der Waals surface area (Å²) in [4.78, 5) is 14.5. The van der Waals surface area contributed by atoms with Crippen LogP contribution in [0.3, 0.4) is 0 Å². The number of methoxy groups -OCH3 is 1. The summed E-state index contributed by atoms with van der Waals surface area (Å²) in [5.41, 5.74) is 2.03. The Morgan fingerprint density at radius 3 is 2.56 bits per heavy atom. The van der Waals surface area contributed by atoms with Crippen molar-refractivity contribution in [3.63, 3.8) is 0 Å². The number of nitroso groups, excluding NO2 is 1. The molecule has 0 unspecified atom stereocenters. The van der Waals surface area contributed by atoms with Crippen molar-refractivity contribution in [1.82, 2.24) is 4.98 Å². The molecule has 0 atom stereocenters. The summed E-state index contributed by atoms with van der Waals surface area (Å²) in [6.45, 7) is 0. The molecule has 0 aliphatic carbocycles. The van der Waals surface area contributed by atoms with E-state index in [2.05, 4.69) is 10.2 Å². The van der Waals surface area contributed by atoms with Crippen LogP contribution in [0.25, 0.3) is 11.1 Å². The zero-order valence-corrected chi connectivity index (χ0v) is 8.75. The second-order valence-corrected chi connectivity index (χ2v) is 3.21. The minimum atomic E-state index is 0.340. The van der Waals surface area contributed by atoms with Crippen molar-refractivity contribution in [3.8, 4) is 16.9 Å². The Morgan fingerprint density at radius 1 is 1.19 bits per heavy atom. The molecule has 1 aromatic heterocycles. The molecular formula is C12H10N2O2. The van der Waals surface area contributed by atoms with Crippen LogP contribution in [0.2, 0.25) is 0 Å². The first kappa shape index (κ1) is 10.3. The third kappa shape index (κ3) is 1.91. The van der Waals surface area contributed by atoms with E-state index in [4.69, 9.17) is 4.74 Å². The third-order valence-corrected chi connectivity index (χ3v) is 2.30. The monoisotopic (exact) mass is 214 g/mol. The summed E-state index contributed by atoms with van der Waals surface area (Å²) in [7, 11) is 1.61. The van der Waals surface area contributed by atoms with Crippen molar-refractivity contribution < 1.29 is 4.74 Å². The van der Waals surface area contributed by atoms with E-state index in [0.717, 1.165) is 16.9 Å². The van der Waals surface area contributed by atoms with Gasteiger partial charge in [0.05, 0.1) is 13.3 Å². The van der Waals surface area contributed by atoms with Gasteiger partial charge in [0.25, 0.3) is 0 Å². The fraction of sp³-hybridized carbons (Fsp3) is 0.0833. The molecule has 0 aliphatic heterocycles. The van der Waals surface area contributed by atoms with Crippen LogP contribution in [0.1, 0.15) is 0 Å². The van der Waals surface area contributed by atoms with Crippen LogP contribution in [-0.4, -0.2) is 12.1 Å². The Kier molecular flexibility index (Phi) is 2.91. The van der Waals surface area contributed by atoms with E-state index in [-0.39, 0.29) is 0 Å². The van der Waals surface area contributed by atoms with E-state index in [9.17, 15) is 4.91 Å². The second-order valence-electron chi connectivity index (χ2n) is 3.21. The SMILES string of the molecule is COc1ccc(-c2ccncc2N=O)cc1. The molecule has 0 aliphatic rings. The van der Waals surface area contributed by atoms with Gasteiger partial charge in [-0.05, 0) is 28.9 Å². The topological polar surface area (TPSA) is 51.6 Å². The summed E-state index contributed by atoms with van der Waals surface area (Å²) >= 11 is 0. The lowest BCUT2D eigenvalue weighted by Crippen LogP contribution is -1.83. The van der Waals surface area contributed by atoms with Crippen LogP contribution in [-0.2, 0) is 0 Å². The second kappa shape index (κ2) is 4.53. The van der Waals surface area contributed by atoms with Gasteiger partial charge in [-0.3, -0.25) is 4.98 Å². The van der Waals surface area contributed by atoms with Crippen molar-refractivity contribution in [3.05, 3.63) is 47.6 Å². The Bertz CT molecular complexity index is 495. The van der Waals surface area contributed by atoms with Gasteiger partial charge >= 0.3 is 0 Å². The van der Waals surface area contributed by atoms with E-state index >= 15 is 0 Å². The molecule has 4 heteroatoms. The fourth-order valence-electron chi connectivity index (χ4n) is 1.47. The molecule has 0 saturated heterocycles. The van der Waals surface area contributed by atoms with Crippen LogP contribution >= 0.6 is 0 Å². The summed E-state index contributed by atoms with van der Waals surface area (Å²) in [5.74, 6) is 0.776. The van der Waals surface area contributed by atoms with Crippen LogP contribution in [0.5, 0.6) is 5.75 Å². The highest BCUT2D eigenvalue weighted by atomic mass is 16.5. The molecule has 2 aromatic rings. The smallest absolute Gasteiger partial charge is 0.134 e. The predicted octanol–water partition coefficient (Wildman–Crippen LogP) is 3.16.